The van der Waals surface area contributed by atoms with E-state index in [9.17, 15) is 9.59 Å². The average molecular weight is 399 g/mol. The van der Waals surface area contributed by atoms with Crippen molar-refractivity contribution in [3.8, 4) is 0 Å². The smallest absolute Gasteiger partial charge is 0.305 e. The van der Waals surface area contributed by atoms with Gasteiger partial charge in [-0.25, -0.2) is 0 Å². The summed E-state index contributed by atoms with van der Waals surface area (Å²) in [6.07, 6.45) is 15.7. The SMILES string of the molecule is O=C(CCCCCCCCCCCCCCC(=O)OCC1CO1)OCC1CO1. The lowest BCUT2D eigenvalue weighted by Gasteiger charge is -2.04. The van der Waals surface area contributed by atoms with Crippen LogP contribution < -0.4 is 0 Å². The van der Waals surface area contributed by atoms with E-state index in [1.807, 2.05) is 0 Å². The number of carbonyl (C=O) groups excluding carboxylic acids is 2. The zero-order valence-corrected chi connectivity index (χ0v) is 17.3. The molecule has 0 amide bonds. The Hall–Kier alpha value is -1.14. The second-order valence-corrected chi connectivity index (χ2v) is 8.02. The molecule has 2 atom stereocenters. The molecule has 0 bridgehead atoms. The highest BCUT2D eigenvalue weighted by atomic mass is 16.6. The third-order valence-corrected chi connectivity index (χ3v) is 5.18. The number of ether oxygens (including phenoxy) is 4. The Morgan fingerprint density at radius 2 is 0.857 bits per heavy atom. The van der Waals surface area contributed by atoms with Gasteiger partial charge in [-0.2, -0.15) is 0 Å². The highest BCUT2D eigenvalue weighted by molar-refractivity contribution is 5.69. The molecule has 0 radical (unpaired) electrons. The summed E-state index contributed by atoms with van der Waals surface area (Å²) in [6.45, 7) is 2.34. The molecule has 0 aromatic heterocycles. The van der Waals surface area contributed by atoms with E-state index in [0.717, 1.165) is 38.9 Å². The lowest BCUT2D eigenvalue weighted by molar-refractivity contribution is -0.145. The van der Waals surface area contributed by atoms with Crippen molar-refractivity contribution < 1.29 is 28.5 Å². The van der Waals surface area contributed by atoms with Crippen LogP contribution in [0.15, 0.2) is 0 Å². The van der Waals surface area contributed by atoms with Crippen molar-refractivity contribution in [2.45, 2.75) is 102 Å². The second-order valence-electron chi connectivity index (χ2n) is 8.02. The van der Waals surface area contributed by atoms with Crippen molar-refractivity contribution >= 4 is 11.9 Å². The Kier molecular flexibility index (Phi) is 12.2. The Bertz CT molecular complexity index is 391. The summed E-state index contributed by atoms with van der Waals surface area (Å²) in [5, 5.41) is 0. The largest absolute Gasteiger partial charge is 0.463 e. The standard InChI is InChI=1S/C22H38O6/c23-21(27-17-19-15-25-19)13-11-9-7-5-3-1-2-4-6-8-10-12-14-22(24)28-18-20-16-26-20/h19-20H,1-18H2. The van der Waals surface area contributed by atoms with Crippen LogP contribution in [0.3, 0.4) is 0 Å². The minimum Gasteiger partial charge on any atom is -0.463 e. The number of esters is 2. The number of unbranched alkanes of at least 4 members (excludes halogenated alkanes) is 11. The summed E-state index contributed by atoms with van der Waals surface area (Å²) in [7, 11) is 0. The van der Waals surface area contributed by atoms with Gasteiger partial charge in [-0.15, -0.1) is 0 Å². The second kappa shape index (κ2) is 14.8. The van der Waals surface area contributed by atoms with Crippen LogP contribution in [0.1, 0.15) is 89.9 Å². The highest BCUT2D eigenvalue weighted by Gasteiger charge is 2.24. The molecule has 28 heavy (non-hydrogen) atoms. The molecule has 2 unspecified atom stereocenters. The van der Waals surface area contributed by atoms with Gasteiger partial charge in [0.25, 0.3) is 0 Å². The quantitative estimate of drug-likeness (QED) is 0.183. The topological polar surface area (TPSA) is 77.7 Å². The van der Waals surface area contributed by atoms with Gasteiger partial charge in [0.2, 0.25) is 0 Å². The van der Waals surface area contributed by atoms with Gasteiger partial charge in [0, 0.05) is 12.8 Å². The number of hydrogen-bond donors (Lipinski definition) is 0. The molecule has 2 rings (SSSR count). The predicted molar refractivity (Wildman–Crippen MR) is 106 cm³/mol. The zero-order valence-electron chi connectivity index (χ0n) is 17.3. The van der Waals surface area contributed by atoms with Gasteiger partial charge in [-0.3, -0.25) is 9.59 Å². The first-order chi connectivity index (χ1) is 13.7. The van der Waals surface area contributed by atoms with Crippen LogP contribution in [0.5, 0.6) is 0 Å². The molecule has 2 saturated heterocycles. The lowest BCUT2D eigenvalue weighted by Crippen LogP contribution is -2.09. The van der Waals surface area contributed by atoms with Gasteiger partial charge in [-0.1, -0.05) is 64.2 Å². The van der Waals surface area contributed by atoms with E-state index in [0.29, 0.717) is 26.1 Å². The maximum Gasteiger partial charge on any atom is 0.305 e. The van der Waals surface area contributed by atoms with E-state index in [2.05, 4.69) is 0 Å². The van der Waals surface area contributed by atoms with E-state index < -0.39 is 0 Å². The molecule has 0 spiro atoms. The minimum atomic E-state index is -0.0831. The summed E-state index contributed by atoms with van der Waals surface area (Å²) < 4.78 is 20.2. The highest BCUT2D eigenvalue weighted by Crippen LogP contribution is 2.14. The maximum absolute atomic E-state index is 11.5. The van der Waals surface area contributed by atoms with Crippen molar-refractivity contribution in [2.75, 3.05) is 26.4 Å². The van der Waals surface area contributed by atoms with Crippen LogP contribution in [0.2, 0.25) is 0 Å². The van der Waals surface area contributed by atoms with Gasteiger partial charge in [0.15, 0.2) is 0 Å². The van der Waals surface area contributed by atoms with Crippen LogP contribution in [-0.4, -0.2) is 50.6 Å². The number of carbonyl (C=O) groups is 2. The molecule has 0 saturated carbocycles. The van der Waals surface area contributed by atoms with Gasteiger partial charge >= 0.3 is 11.9 Å². The zero-order chi connectivity index (χ0) is 19.9. The van der Waals surface area contributed by atoms with Crippen molar-refractivity contribution in [3.05, 3.63) is 0 Å². The fourth-order valence-corrected chi connectivity index (χ4v) is 3.15. The van der Waals surface area contributed by atoms with Crippen molar-refractivity contribution in [3.63, 3.8) is 0 Å². The molecule has 0 N–H and O–H groups in total. The van der Waals surface area contributed by atoms with Crippen LogP contribution in [-0.2, 0) is 28.5 Å². The molecule has 0 aliphatic carbocycles. The third kappa shape index (κ3) is 13.9. The Labute approximate surface area is 169 Å². The first-order valence-corrected chi connectivity index (χ1v) is 11.3. The van der Waals surface area contributed by atoms with E-state index in [-0.39, 0.29) is 24.1 Å². The molecule has 162 valence electrons. The summed E-state index contributed by atoms with van der Waals surface area (Å²) in [5.74, 6) is -0.166. The molecule has 2 aliphatic rings. The molecular formula is C22H38O6. The summed E-state index contributed by atoms with van der Waals surface area (Å²) in [6, 6.07) is 0. The van der Waals surface area contributed by atoms with E-state index in [4.69, 9.17) is 18.9 Å². The Morgan fingerprint density at radius 1 is 0.571 bits per heavy atom. The number of hydrogen-bond acceptors (Lipinski definition) is 6. The predicted octanol–water partition coefficient (Wildman–Crippen LogP) is 4.33. The minimum absolute atomic E-state index is 0.0831. The Morgan fingerprint density at radius 3 is 1.14 bits per heavy atom. The molecular weight excluding hydrogens is 360 g/mol. The normalized spacial score (nSPS) is 20.0. The van der Waals surface area contributed by atoms with Crippen LogP contribution in [0.25, 0.3) is 0 Å². The molecule has 2 fully saturated rings. The van der Waals surface area contributed by atoms with E-state index >= 15 is 0 Å². The number of rotatable bonds is 19. The third-order valence-electron chi connectivity index (χ3n) is 5.18. The first kappa shape index (κ1) is 23.1. The average Bonchev–Trinajstić information content (AvgIpc) is 3.59. The van der Waals surface area contributed by atoms with Crippen molar-refractivity contribution in [1.29, 1.82) is 0 Å². The lowest BCUT2D eigenvalue weighted by atomic mass is 10.0. The monoisotopic (exact) mass is 398 g/mol. The van der Waals surface area contributed by atoms with Gasteiger partial charge in [0.05, 0.1) is 13.2 Å². The molecule has 0 aromatic rings. The molecule has 6 heteroatoms. The molecule has 6 nitrogen and oxygen atoms in total. The van der Waals surface area contributed by atoms with Crippen LogP contribution >= 0.6 is 0 Å². The van der Waals surface area contributed by atoms with Crippen molar-refractivity contribution in [2.24, 2.45) is 0 Å². The van der Waals surface area contributed by atoms with E-state index in [1.165, 1.54) is 51.4 Å². The molecule has 0 aromatic carbocycles. The van der Waals surface area contributed by atoms with Crippen molar-refractivity contribution in [1.82, 2.24) is 0 Å². The summed E-state index contributed by atoms with van der Waals surface area (Å²) in [4.78, 5) is 22.9. The molecule has 2 aliphatic heterocycles. The summed E-state index contributed by atoms with van der Waals surface area (Å²) in [5.41, 5.74) is 0. The van der Waals surface area contributed by atoms with Crippen LogP contribution in [0.4, 0.5) is 0 Å². The van der Waals surface area contributed by atoms with Gasteiger partial charge < -0.3 is 18.9 Å². The Balaban J connectivity index is 1.20. The fraction of sp³-hybridized carbons (Fsp3) is 0.909. The fourth-order valence-electron chi connectivity index (χ4n) is 3.15. The molecule has 2 heterocycles. The first-order valence-electron chi connectivity index (χ1n) is 11.3. The summed E-state index contributed by atoms with van der Waals surface area (Å²) >= 11 is 0. The van der Waals surface area contributed by atoms with Gasteiger partial charge in [0.1, 0.15) is 25.4 Å². The maximum atomic E-state index is 11.5. The van der Waals surface area contributed by atoms with E-state index in [1.54, 1.807) is 0 Å². The van der Waals surface area contributed by atoms with Crippen LogP contribution in [0, 0.1) is 0 Å². The van der Waals surface area contributed by atoms with Gasteiger partial charge in [-0.05, 0) is 12.8 Å². The number of epoxide rings is 2.